The highest BCUT2D eigenvalue weighted by Gasteiger charge is 2.27. The highest BCUT2D eigenvalue weighted by molar-refractivity contribution is 7.98. The summed E-state index contributed by atoms with van der Waals surface area (Å²) in [5, 5.41) is 10.6. The molecule has 1 unspecified atom stereocenters. The Hall–Kier alpha value is -1.77. The second kappa shape index (κ2) is 14.4. The molecule has 2 aromatic rings. The third-order valence-corrected chi connectivity index (χ3v) is 8.32. The summed E-state index contributed by atoms with van der Waals surface area (Å²) in [6, 6.07) is 13.1. The Morgan fingerprint density at radius 3 is 2.32 bits per heavy atom. The zero-order valence-corrected chi connectivity index (χ0v) is 23.6. The second-order valence-corrected chi connectivity index (χ2v) is 11.0. The predicted octanol–water partition coefficient (Wildman–Crippen LogP) is 7.58. The number of benzene rings is 2. The van der Waals surface area contributed by atoms with Gasteiger partial charge in [0, 0.05) is 17.9 Å². The minimum absolute atomic E-state index is 0.194. The van der Waals surface area contributed by atoms with Crippen LogP contribution < -0.4 is 0 Å². The Morgan fingerprint density at radius 2 is 1.68 bits per heavy atom. The first-order valence-corrected chi connectivity index (χ1v) is 15.2. The van der Waals surface area contributed by atoms with Crippen molar-refractivity contribution in [3.8, 4) is 0 Å². The van der Waals surface area contributed by atoms with Crippen LogP contribution >= 0.6 is 19.6 Å². The number of unbranched alkanes of at least 4 members (excludes halogenated alkanes) is 1. The second-order valence-electron chi connectivity index (χ2n) is 8.48. The molecule has 1 N–H and O–H groups in total. The Balaban J connectivity index is 1.60. The van der Waals surface area contributed by atoms with Gasteiger partial charge >= 0.3 is 7.82 Å². The number of halogens is 1. The number of rotatable bonds is 15. The van der Waals surface area contributed by atoms with Gasteiger partial charge in [0.1, 0.15) is 5.82 Å². The lowest BCUT2D eigenvalue weighted by Crippen LogP contribution is -2.14. The summed E-state index contributed by atoms with van der Waals surface area (Å²) >= 11 is 1.69. The van der Waals surface area contributed by atoms with Crippen LogP contribution in [0.1, 0.15) is 56.7 Å². The van der Waals surface area contributed by atoms with E-state index in [-0.39, 0.29) is 32.1 Å². The Morgan fingerprint density at radius 1 is 1.00 bits per heavy atom. The first kappa shape index (κ1) is 29.8. The van der Waals surface area contributed by atoms with E-state index in [0.29, 0.717) is 19.4 Å². The van der Waals surface area contributed by atoms with Crippen LogP contribution in [0.2, 0.25) is 0 Å². The number of aliphatic hydroxyl groups is 1. The monoisotopic (exact) mass is 550 g/mol. The number of hydrogen-bond acceptors (Lipinski definition) is 7. The van der Waals surface area contributed by atoms with E-state index in [9.17, 15) is 14.1 Å². The molecule has 0 spiro atoms. The molecule has 6 nitrogen and oxygen atoms in total. The Labute approximate surface area is 223 Å². The summed E-state index contributed by atoms with van der Waals surface area (Å²) in [4.78, 5) is 1.19. The Bertz CT molecular complexity index is 1140. The smallest absolute Gasteiger partial charge is 0.368 e. The van der Waals surface area contributed by atoms with Gasteiger partial charge in [-0.3, -0.25) is 13.6 Å². The SMILES string of the molecule is CCOP(=O)(OCC)OCCCCOC(O)CC1=C(C)C(=Cc2ccc(SC)cc2)c2ccc(F)cc21. The molecule has 0 saturated carbocycles. The van der Waals surface area contributed by atoms with Crippen molar-refractivity contribution < 1.29 is 32.4 Å². The van der Waals surface area contributed by atoms with Crippen LogP contribution in [0.3, 0.4) is 0 Å². The number of fused-ring (bicyclic) bond motifs is 1. The number of ether oxygens (including phenoxy) is 1. The average Bonchev–Trinajstić information content (AvgIpc) is 3.12. The molecule has 0 aliphatic heterocycles. The largest absolute Gasteiger partial charge is 0.474 e. The van der Waals surface area contributed by atoms with Crippen molar-refractivity contribution >= 4 is 36.8 Å². The van der Waals surface area contributed by atoms with Crippen molar-refractivity contribution in [1.82, 2.24) is 0 Å². The highest BCUT2D eigenvalue weighted by Crippen LogP contribution is 2.49. The zero-order chi connectivity index (χ0) is 26.8. The summed E-state index contributed by atoms with van der Waals surface area (Å²) in [6.45, 7) is 6.39. The topological polar surface area (TPSA) is 74.2 Å². The normalized spacial score (nSPS) is 15.5. The fraction of sp³-hybridized carbons (Fsp3) is 0.429. The quantitative estimate of drug-likeness (QED) is 0.106. The van der Waals surface area contributed by atoms with Gasteiger partial charge in [0.15, 0.2) is 6.29 Å². The van der Waals surface area contributed by atoms with Crippen LogP contribution in [0.4, 0.5) is 4.39 Å². The van der Waals surface area contributed by atoms with Gasteiger partial charge < -0.3 is 9.84 Å². The number of hydrogen-bond donors (Lipinski definition) is 1. The molecular weight excluding hydrogens is 514 g/mol. The molecule has 0 aromatic heterocycles. The summed E-state index contributed by atoms with van der Waals surface area (Å²) in [5.74, 6) is -0.318. The van der Waals surface area contributed by atoms with Crippen molar-refractivity contribution in [3.05, 3.63) is 70.5 Å². The van der Waals surface area contributed by atoms with E-state index in [1.54, 1.807) is 31.7 Å². The molecule has 0 saturated heterocycles. The maximum atomic E-state index is 14.2. The van der Waals surface area contributed by atoms with Crippen molar-refractivity contribution in [2.45, 2.75) is 51.2 Å². The molecule has 9 heteroatoms. The third kappa shape index (κ3) is 8.36. The fourth-order valence-corrected chi connectivity index (χ4v) is 5.76. The fourth-order valence-electron chi connectivity index (χ4n) is 4.14. The number of aliphatic hydroxyl groups excluding tert-OH is 1. The number of phosphoric ester groups is 1. The van der Waals surface area contributed by atoms with Gasteiger partial charge in [-0.05, 0) is 104 Å². The van der Waals surface area contributed by atoms with E-state index in [1.807, 2.05) is 13.2 Å². The van der Waals surface area contributed by atoms with E-state index in [0.717, 1.165) is 33.4 Å². The maximum Gasteiger partial charge on any atom is 0.474 e. The van der Waals surface area contributed by atoms with E-state index in [1.165, 1.54) is 17.0 Å². The lowest BCUT2D eigenvalue weighted by Gasteiger charge is -2.17. The molecular formula is C28H36FO6PS. The van der Waals surface area contributed by atoms with Gasteiger partial charge in [-0.25, -0.2) is 8.96 Å². The van der Waals surface area contributed by atoms with Gasteiger partial charge in [-0.1, -0.05) is 18.2 Å². The van der Waals surface area contributed by atoms with Gasteiger partial charge in [0.05, 0.1) is 19.8 Å². The summed E-state index contributed by atoms with van der Waals surface area (Å²) in [5.41, 5.74) is 5.66. The van der Waals surface area contributed by atoms with Gasteiger partial charge in [-0.2, -0.15) is 0 Å². The molecule has 1 atom stereocenters. The maximum absolute atomic E-state index is 14.2. The van der Waals surface area contributed by atoms with E-state index >= 15 is 0 Å². The van der Waals surface area contributed by atoms with Gasteiger partial charge in [0.25, 0.3) is 0 Å². The first-order valence-electron chi connectivity index (χ1n) is 12.5. The average molecular weight is 551 g/mol. The molecule has 0 bridgehead atoms. The highest BCUT2D eigenvalue weighted by atomic mass is 32.2. The molecule has 1 aliphatic rings. The number of allylic oxidation sites excluding steroid dienone is 2. The zero-order valence-electron chi connectivity index (χ0n) is 21.9. The van der Waals surface area contributed by atoms with Crippen LogP contribution in [0.25, 0.3) is 17.2 Å². The van der Waals surface area contributed by atoms with Crippen LogP contribution in [-0.4, -0.2) is 44.1 Å². The number of phosphoric acid groups is 1. The van der Waals surface area contributed by atoms with Crippen LogP contribution in [0.15, 0.2) is 52.9 Å². The predicted molar refractivity (Wildman–Crippen MR) is 148 cm³/mol. The molecule has 37 heavy (non-hydrogen) atoms. The molecule has 202 valence electrons. The minimum atomic E-state index is -3.52. The first-order chi connectivity index (χ1) is 17.8. The van der Waals surface area contributed by atoms with Crippen molar-refractivity contribution in [2.24, 2.45) is 0 Å². The minimum Gasteiger partial charge on any atom is -0.368 e. The van der Waals surface area contributed by atoms with Crippen LogP contribution in [0.5, 0.6) is 0 Å². The van der Waals surface area contributed by atoms with Gasteiger partial charge in [-0.15, -0.1) is 11.8 Å². The van der Waals surface area contributed by atoms with E-state index in [4.69, 9.17) is 18.3 Å². The van der Waals surface area contributed by atoms with E-state index < -0.39 is 14.1 Å². The lowest BCUT2D eigenvalue weighted by atomic mass is 10.0. The van der Waals surface area contributed by atoms with Gasteiger partial charge in [0.2, 0.25) is 0 Å². The lowest BCUT2D eigenvalue weighted by molar-refractivity contribution is -0.0956. The van der Waals surface area contributed by atoms with Crippen molar-refractivity contribution in [3.63, 3.8) is 0 Å². The summed E-state index contributed by atoms with van der Waals surface area (Å²) < 4.78 is 47.6. The molecule has 0 radical (unpaired) electrons. The molecule has 0 heterocycles. The third-order valence-electron chi connectivity index (χ3n) is 5.93. The summed E-state index contributed by atoms with van der Waals surface area (Å²) in [7, 11) is -3.52. The van der Waals surface area contributed by atoms with Crippen LogP contribution in [0, 0.1) is 5.82 Å². The van der Waals surface area contributed by atoms with E-state index in [2.05, 4.69) is 30.3 Å². The molecule has 0 amide bonds. The van der Waals surface area contributed by atoms with Crippen LogP contribution in [-0.2, 0) is 22.9 Å². The molecule has 1 aliphatic carbocycles. The summed E-state index contributed by atoms with van der Waals surface area (Å²) in [6.07, 6.45) is 4.49. The number of thioether (sulfide) groups is 1. The standard InChI is InChI=1S/C28H36FO6PS/c1-5-33-36(31,34-6-2)35-16-8-7-15-32-28(30)19-26-20(3)25(24-14-11-22(29)18-27(24)26)17-21-9-12-23(37-4)13-10-21/h9-14,17-18,28,30H,5-8,15-16,19H2,1-4H3. The van der Waals surface area contributed by atoms with Crippen molar-refractivity contribution in [2.75, 3.05) is 32.7 Å². The molecule has 3 rings (SSSR count). The molecule has 2 aromatic carbocycles. The Kier molecular flexibility index (Phi) is 11.6. The molecule has 0 fully saturated rings. The van der Waals surface area contributed by atoms with Crippen molar-refractivity contribution in [1.29, 1.82) is 0 Å².